The molecule has 2 aromatic rings. The molecule has 2 rings (SSSR count). The van der Waals surface area contributed by atoms with Gasteiger partial charge in [-0.05, 0) is 36.6 Å². The van der Waals surface area contributed by atoms with E-state index in [4.69, 9.17) is 0 Å². The van der Waals surface area contributed by atoms with Crippen LogP contribution in [0.15, 0.2) is 53.5 Å². The summed E-state index contributed by atoms with van der Waals surface area (Å²) in [7, 11) is 1.76. The fourth-order valence-corrected chi connectivity index (χ4v) is 2.51. The molecule has 5 heteroatoms. The smallest absolute Gasteiger partial charge is 0.224 e. The van der Waals surface area contributed by atoms with Gasteiger partial charge in [-0.2, -0.15) is 0 Å². The topological polar surface area (TPSA) is 65.5 Å². The maximum atomic E-state index is 11.7. The van der Waals surface area contributed by atoms with E-state index in [1.54, 1.807) is 7.05 Å². The average Bonchev–Trinajstić information content (AvgIpc) is 2.64. The van der Waals surface area contributed by atoms with Gasteiger partial charge in [-0.25, -0.2) is 0 Å². The van der Waals surface area contributed by atoms with Crippen molar-refractivity contribution in [3.8, 4) is 0 Å². The lowest BCUT2D eigenvalue weighted by molar-refractivity contribution is -0.116. The molecule has 5 nitrogen and oxygen atoms in total. The summed E-state index contributed by atoms with van der Waals surface area (Å²) in [5.41, 5.74) is 4.37. The Bertz CT molecular complexity index is 738. The van der Waals surface area contributed by atoms with Crippen LogP contribution >= 0.6 is 0 Å². The second kappa shape index (κ2) is 10.2. The molecule has 3 N–H and O–H groups in total. The summed E-state index contributed by atoms with van der Waals surface area (Å²) in [5, 5.41) is 9.53. The van der Waals surface area contributed by atoms with Crippen molar-refractivity contribution in [1.82, 2.24) is 10.6 Å². The second-order valence-electron chi connectivity index (χ2n) is 6.26. The summed E-state index contributed by atoms with van der Waals surface area (Å²) in [6.45, 7) is 5.42. The lowest BCUT2D eigenvalue weighted by Gasteiger charge is -2.13. The van der Waals surface area contributed by atoms with Crippen LogP contribution in [0, 0.1) is 6.92 Å². The molecule has 0 atom stereocenters. The normalized spacial score (nSPS) is 11.1. The molecule has 0 aliphatic carbocycles. The molecule has 0 saturated carbocycles. The standard InChI is InChI=1S/C21H28N4O/c1-4-6-20(26)25-19-8-5-7-18(13-19)15-24-21(22-3)23-14-17-11-9-16(2)10-12-17/h5,7-13H,4,6,14-15H2,1-3H3,(H,25,26)(H2,22,23,24). The van der Waals surface area contributed by atoms with Crippen LogP contribution in [0.5, 0.6) is 0 Å². The highest BCUT2D eigenvalue weighted by Crippen LogP contribution is 2.11. The molecule has 0 spiro atoms. The van der Waals surface area contributed by atoms with E-state index < -0.39 is 0 Å². The molecule has 0 saturated heterocycles. The van der Waals surface area contributed by atoms with E-state index in [1.807, 2.05) is 31.2 Å². The van der Waals surface area contributed by atoms with Crippen molar-refractivity contribution in [2.45, 2.75) is 39.8 Å². The molecule has 0 bridgehead atoms. The molecule has 0 aliphatic heterocycles. The highest BCUT2D eigenvalue weighted by molar-refractivity contribution is 5.90. The Hall–Kier alpha value is -2.82. The first-order chi connectivity index (χ1) is 12.6. The summed E-state index contributed by atoms with van der Waals surface area (Å²) >= 11 is 0. The van der Waals surface area contributed by atoms with Gasteiger partial charge < -0.3 is 16.0 Å². The Kier molecular flexibility index (Phi) is 7.68. The van der Waals surface area contributed by atoms with Crippen LogP contribution in [0.25, 0.3) is 0 Å². The molecule has 0 unspecified atom stereocenters. The molecule has 0 aliphatic rings. The van der Waals surface area contributed by atoms with Gasteiger partial charge in [-0.3, -0.25) is 9.79 Å². The molecular formula is C21H28N4O. The third kappa shape index (κ3) is 6.59. The van der Waals surface area contributed by atoms with Gasteiger partial charge in [0.2, 0.25) is 5.91 Å². The maximum Gasteiger partial charge on any atom is 0.224 e. The number of rotatable bonds is 7. The zero-order chi connectivity index (χ0) is 18.8. The number of carbonyl (C=O) groups excluding carboxylic acids is 1. The number of guanidine groups is 1. The van der Waals surface area contributed by atoms with Crippen molar-refractivity contribution in [2.24, 2.45) is 4.99 Å². The zero-order valence-electron chi connectivity index (χ0n) is 15.8. The third-order valence-corrected chi connectivity index (χ3v) is 3.95. The van der Waals surface area contributed by atoms with Crippen LogP contribution in [-0.2, 0) is 17.9 Å². The minimum Gasteiger partial charge on any atom is -0.352 e. The quantitative estimate of drug-likeness (QED) is 0.527. The van der Waals surface area contributed by atoms with Crippen molar-refractivity contribution >= 4 is 17.6 Å². The summed E-state index contributed by atoms with van der Waals surface area (Å²) < 4.78 is 0. The number of nitrogens with zero attached hydrogens (tertiary/aromatic N) is 1. The van der Waals surface area contributed by atoms with Gasteiger partial charge in [-0.15, -0.1) is 0 Å². The van der Waals surface area contributed by atoms with Crippen LogP contribution in [0.4, 0.5) is 5.69 Å². The van der Waals surface area contributed by atoms with E-state index in [9.17, 15) is 4.79 Å². The first-order valence-electron chi connectivity index (χ1n) is 8.99. The Morgan fingerprint density at radius 3 is 2.35 bits per heavy atom. The van der Waals surface area contributed by atoms with Gasteiger partial charge in [-0.1, -0.05) is 48.9 Å². The van der Waals surface area contributed by atoms with Crippen molar-refractivity contribution in [3.05, 3.63) is 65.2 Å². The summed E-state index contributed by atoms with van der Waals surface area (Å²) in [5.74, 6) is 0.791. The van der Waals surface area contributed by atoms with Crippen LogP contribution in [0.1, 0.15) is 36.5 Å². The van der Waals surface area contributed by atoms with Crippen molar-refractivity contribution in [3.63, 3.8) is 0 Å². The van der Waals surface area contributed by atoms with E-state index >= 15 is 0 Å². The van der Waals surface area contributed by atoms with Gasteiger partial charge >= 0.3 is 0 Å². The molecule has 0 aromatic heterocycles. The largest absolute Gasteiger partial charge is 0.352 e. The molecule has 26 heavy (non-hydrogen) atoms. The van der Waals surface area contributed by atoms with Gasteiger partial charge in [0.15, 0.2) is 5.96 Å². The maximum absolute atomic E-state index is 11.7. The van der Waals surface area contributed by atoms with E-state index in [2.05, 4.69) is 52.1 Å². The summed E-state index contributed by atoms with van der Waals surface area (Å²) in [6.07, 6.45) is 1.38. The molecular weight excluding hydrogens is 324 g/mol. The van der Waals surface area contributed by atoms with E-state index in [-0.39, 0.29) is 5.91 Å². The minimum atomic E-state index is 0.0492. The number of aryl methyl sites for hydroxylation is 1. The minimum absolute atomic E-state index is 0.0492. The Labute approximate surface area is 155 Å². The molecule has 1 amide bonds. The van der Waals surface area contributed by atoms with E-state index in [1.165, 1.54) is 11.1 Å². The van der Waals surface area contributed by atoms with Crippen LogP contribution in [0.2, 0.25) is 0 Å². The second-order valence-corrected chi connectivity index (χ2v) is 6.26. The fraction of sp³-hybridized carbons (Fsp3) is 0.333. The summed E-state index contributed by atoms with van der Waals surface area (Å²) in [4.78, 5) is 16.0. The van der Waals surface area contributed by atoms with Crippen LogP contribution in [-0.4, -0.2) is 18.9 Å². The van der Waals surface area contributed by atoms with Gasteiger partial charge in [0.1, 0.15) is 0 Å². The Morgan fingerprint density at radius 1 is 1.00 bits per heavy atom. The van der Waals surface area contributed by atoms with Gasteiger partial charge in [0.25, 0.3) is 0 Å². The number of hydrogen-bond acceptors (Lipinski definition) is 2. The number of carbonyl (C=O) groups is 1. The monoisotopic (exact) mass is 352 g/mol. The molecule has 0 heterocycles. The SMILES string of the molecule is CCCC(=O)Nc1cccc(CNC(=NC)NCc2ccc(C)cc2)c1. The number of anilines is 1. The zero-order valence-corrected chi connectivity index (χ0v) is 15.8. The third-order valence-electron chi connectivity index (χ3n) is 3.95. The number of nitrogens with one attached hydrogen (secondary N) is 3. The van der Waals surface area contributed by atoms with Crippen molar-refractivity contribution < 1.29 is 4.79 Å². The van der Waals surface area contributed by atoms with E-state index in [0.29, 0.717) is 19.5 Å². The highest BCUT2D eigenvalue weighted by Gasteiger charge is 2.03. The number of benzene rings is 2. The summed E-state index contributed by atoms with van der Waals surface area (Å²) in [6, 6.07) is 16.3. The highest BCUT2D eigenvalue weighted by atomic mass is 16.1. The van der Waals surface area contributed by atoms with Gasteiger partial charge in [0.05, 0.1) is 0 Å². The van der Waals surface area contributed by atoms with Crippen molar-refractivity contribution in [1.29, 1.82) is 0 Å². The van der Waals surface area contributed by atoms with Crippen molar-refractivity contribution in [2.75, 3.05) is 12.4 Å². The number of amides is 1. The molecule has 138 valence electrons. The number of aliphatic imine (C=N–C) groups is 1. The van der Waals surface area contributed by atoms with Gasteiger partial charge in [0, 0.05) is 32.2 Å². The number of hydrogen-bond donors (Lipinski definition) is 3. The first-order valence-corrected chi connectivity index (χ1v) is 8.99. The molecule has 0 fully saturated rings. The Balaban J connectivity index is 1.85. The predicted molar refractivity (Wildman–Crippen MR) is 108 cm³/mol. The van der Waals surface area contributed by atoms with Crippen LogP contribution in [0.3, 0.4) is 0 Å². The molecule has 0 radical (unpaired) electrons. The fourth-order valence-electron chi connectivity index (χ4n) is 2.51. The molecule has 2 aromatic carbocycles. The lowest BCUT2D eigenvalue weighted by atomic mass is 10.1. The predicted octanol–water partition coefficient (Wildman–Crippen LogP) is 3.60. The Morgan fingerprint density at radius 2 is 1.69 bits per heavy atom. The first kappa shape index (κ1) is 19.5. The lowest BCUT2D eigenvalue weighted by Crippen LogP contribution is -2.36. The van der Waals surface area contributed by atoms with Crippen LogP contribution < -0.4 is 16.0 Å². The average molecular weight is 352 g/mol. The van der Waals surface area contributed by atoms with E-state index in [0.717, 1.165) is 23.6 Å².